The maximum Gasteiger partial charge on any atom is 0.329 e. The zero-order chi connectivity index (χ0) is 28.1. The van der Waals surface area contributed by atoms with E-state index in [0.29, 0.717) is 6.54 Å². The molecule has 0 radical (unpaired) electrons. The van der Waals surface area contributed by atoms with Crippen LogP contribution < -0.4 is 4.90 Å². The first-order chi connectivity index (χ1) is 19.5. The fourth-order valence-electron chi connectivity index (χ4n) is 5.76. The Morgan fingerprint density at radius 1 is 0.925 bits per heavy atom. The summed E-state index contributed by atoms with van der Waals surface area (Å²) in [5, 5.41) is 9.91. The Morgan fingerprint density at radius 2 is 1.62 bits per heavy atom. The predicted molar refractivity (Wildman–Crippen MR) is 167 cm³/mol. The molecular formula is C34H32INO4. The lowest BCUT2D eigenvalue weighted by Gasteiger charge is -2.34. The topological polar surface area (TPSA) is 66.8 Å². The molecule has 0 aliphatic heterocycles. The predicted octanol–water partition coefficient (Wildman–Crippen LogP) is 7.37. The van der Waals surface area contributed by atoms with Crippen LogP contribution in [0.3, 0.4) is 0 Å². The third-order valence-corrected chi connectivity index (χ3v) is 8.24. The van der Waals surface area contributed by atoms with Crippen LogP contribution in [0.2, 0.25) is 0 Å². The van der Waals surface area contributed by atoms with Crippen LogP contribution in [-0.4, -0.2) is 34.1 Å². The van der Waals surface area contributed by atoms with Gasteiger partial charge in [0.15, 0.2) is 0 Å². The molecule has 5 nitrogen and oxygen atoms in total. The molecule has 0 amide bonds. The van der Waals surface area contributed by atoms with Crippen LogP contribution >= 0.6 is 22.6 Å². The molecule has 6 heteroatoms. The maximum atomic E-state index is 13.6. The monoisotopic (exact) mass is 645 g/mol. The first-order valence-electron chi connectivity index (χ1n) is 13.5. The molecule has 1 N–H and O–H groups in total. The largest absolute Gasteiger partial charge is 0.481 e. The molecule has 1 aliphatic rings. The standard InChI is InChI=1S/C34H32INO4/c1-23-11-8-16-26-31(23)27-17-9-18-28(33(27)32(26)25-14-6-3-7-15-25)36(20-10-19-35)29(21-30(37)38)34(39)40-22-24-12-4-2-5-13-24/h2-9,11-18,29,32H,10,19-22H2,1H3,(H,37,38)/t29-,32?/m1/s1. The van der Waals surface area contributed by atoms with Crippen LogP contribution in [0, 0.1) is 6.92 Å². The minimum Gasteiger partial charge on any atom is -0.481 e. The van der Waals surface area contributed by atoms with Crippen LogP contribution in [0.4, 0.5) is 5.69 Å². The number of carboxylic acids is 1. The van der Waals surface area contributed by atoms with E-state index in [0.717, 1.165) is 38.8 Å². The number of esters is 1. The van der Waals surface area contributed by atoms with Crippen LogP contribution in [0.1, 0.15) is 46.6 Å². The number of aryl methyl sites for hydroxylation is 1. The number of carbonyl (C=O) groups excluding carboxylic acids is 1. The van der Waals surface area contributed by atoms with Crippen LogP contribution in [0.25, 0.3) is 11.1 Å². The van der Waals surface area contributed by atoms with Gasteiger partial charge >= 0.3 is 11.9 Å². The second kappa shape index (κ2) is 12.7. The number of carbonyl (C=O) groups is 2. The van der Waals surface area contributed by atoms with Gasteiger partial charge in [0.1, 0.15) is 12.6 Å². The van der Waals surface area contributed by atoms with Gasteiger partial charge in [-0.2, -0.15) is 0 Å². The highest BCUT2D eigenvalue weighted by atomic mass is 127. The molecule has 0 saturated carbocycles. The first kappa shape index (κ1) is 27.9. The van der Waals surface area contributed by atoms with Gasteiger partial charge < -0.3 is 14.7 Å². The lowest BCUT2D eigenvalue weighted by molar-refractivity contribution is -0.150. The van der Waals surface area contributed by atoms with E-state index < -0.39 is 18.0 Å². The molecule has 0 heterocycles. The highest BCUT2D eigenvalue weighted by molar-refractivity contribution is 14.1. The van der Waals surface area contributed by atoms with Crippen molar-refractivity contribution < 1.29 is 19.4 Å². The van der Waals surface area contributed by atoms with Crippen molar-refractivity contribution in [1.29, 1.82) is 0 Å². The summed E-state index contributed by atoms with van der Waals surface area (Å²) < 4.78 is 6.62. The summed E-state index contributed by atoms with van der Waals surface area (Å²) in [6.07, 6.45) is 0.453. The van der Waals surface area contributed by atoms with E-state index >= 15 is 0 Å². The number of benzene rings is 4. The summed E-state index contributed by atoms with van der Waals surface area (Å²) in [6, 6.07) is 31.5. The Labute approximate surface area is 248 Å². The minimum atomic E-state index is -1.03. The van der Waals surface area contributed by atoms with E-state index in [1.807, 2.05) is 65.6 Å². The number of anilines is 1. The minimum absolute atomic E-state index is 0.0322. The van der Waals surface area contributed by atoms with Crippen LogP contribution in [0.5, 0.6) is 0 Å². The molecule has 4 aromatic carbocycles. The Kier molecular flexibility index (Phi) is 8.85. The van der Waals surface area contributed by atoms with E-state index in [9.17, 15) is 14.7 Å². The quantitative estimate of drug-likeness (QED) is 0.0924. The molecule has 1 aliphatic carbocycles. The second-order valence-corrected chi connectivity index (χ2v) is 11.1. The molecule has 0 fully saturated rings. The summed E-state index contributed by atoms with van der Waals surface area (Å²) in [5.74, 6) is -1.59. The van der Waals surface area contributed by atoms with E-state index in [1.165, 1.54) is 16.7 Å². The van der Waals surface area contributed by atoms with Crippen molar-refractivity contribution in [3.05, 3.63) is 125 Å². The Bertz CT molecular complexity index is 1490. The van der Waals surface area contributed by atoms with Crippen molar-refractivity contribution in [3.63, 3.8) is 0 Å². The van der Waals surface area contributed by atoms with Gasteiger partial charge in [-0.15, -0.1) is 0 Å². The normalized spacial score (nSPS) is 14.2. The van der Waals surface area contributed by atoms with Crippen LogP contribution in [0.15, 0.2) is 97.1 Å². The fourth-order valence-corrected chi connectivity index (χ4v) is 6.10. The number of rotatable bonds is 11. The molecule has 0 aromatic heterocycles. The van der Waals surface area contributed by atoms with Crippen molar-refractivity contribution in [2.75, 3.05) is 15.9 Å². The molecule has 204 valence electrons. The van der Waals surface area contributed by atoms with Gasteiger partial charge in [-0.25, -0.2) is 4.79 Å². The highest BCUT2D eigenvalue weighted by Crippen LogP contribution is 2.53. The van der Waals surface area contributed by atoms with Gasteiger partial charge in [-0.05, 0) is 58.4 Å². The average molecular weight is 646 g/mol. The SMILES string of the molecule is Cc1cccc2c1-c1cccc(N(CCCI)[C@H](CC(=O)O)C(=O)OCc3ccccc3)c1C2c1ccccc1. The number of alkyl halides is 1. The summed E-state index contributed by atoms with van der Waals surface area (Å²) in [7, 11) is 0. The van der Waals surface area contributed by atoms with Crippen molar-refractivity contribution in [3.8, 4) is 11.1 Å². The van der Waals surface area contributed by atoms with Crippen molar-refractivity contribution >= 4 is 40.2 Å². The number of halogens is 1. The Hall–Kier alpha value is -3.65. The van der Waals surface area contributed by atoms with Gasteiger partial charge in [0.2, 0.25) is 0 Å². The van der Waals surface area contributed by atoms with Gasteiger partial charge in [0, 0.05) is 22.6 Å². The highest BCUT2D eigenvalue weighted by Gasteiger charge is 2.37. The number of hydrogen-bond acceptors (Lipinski definition) is 4. The van der Waals surface area contributed by atoms with E-state index in [2.05, 4.69) is 65.9 Å². The molecule has 4 aromatic rings. The smallest absolute Gasteiger partial charge is 0.329 e. The van der Waals surface area contributed by atoms with Crippen molar-refractivity contribution in [2.24, 2.45) is 0 Å². The summed E-state index contributed by atoms with van der Waals surface area (Å²) in [6.45, 7) is 2.76. The lowest BCUT2D eigenvalue weighted by Crippen LogP contribution is -2.45. The molecule has 0 spiro atoms. The van der Waals surface area contributed by atoms with Crippen LogP contribution in [-0.2, 0) is 20.9 Å². The molecular weight excluding hydrogens is 613 g/mol. The van der Waals surface area contributed by atoms with E-state index in [1.54, 1.807) is 0 Å². The number of fused-ring (bicyclic) bond motifs is 3. The van der Waals surface area contributed by atoms with Gasteiger partial charge in [-0.1, -0.05) is 114 Å². The lowest BCUT2D eigenvalue weighted by atomic mass is 9.87. The number of nitrogens with zero attached hydrogens (tertiary/aromatic N) is 1. The average Bonchev–Trinajstić information content (AvgIpc) is 3.32. The molecule has 2 atom stereocenters. The third-order valence-electron chi connectivity index (χ3n) is 7.47. The Morgan fingerprint density at radius 3 is 2.33 bits per heavy atom. The molecule has 0 saturated heterocycles. The zero-order valence-corrected chi connectivity index (χ0v) is 24.6. The molecule has 1 unspecified atom stereocenters. The van der Waals surface area contributed by atoms with Crippen molar-refractivity contribution in [2.45, 2.75) is 38.3 Å². The third kappa shape index (κ3) is 5.77. The second-order valence-electron chi connectivity index (χ2n) is 10.1. The number of carboxylic acid groups (broad SMARTS) is 1. The molecule has 40 heavy (non-hydrogen) atoms. The molecule has 0 bridgehead atoms. The fraction of sp³-hybridized carbons (Fsp3) is 0.235. The summed E-state index contributed by atoms with van der Waals surface area (Å²) in [5.41, 5.74) is 8.78. The van der Waals surface area contributed by atoms with Gasteiger partial charge in [0.05, 0.1) is 6.42 Å². The van der Waals surface area contributed by atoms with E-state index in [4.69, 9.17) is 4.74 Å². The Balaban J connectivity index is 1.62. The summed E-state index contributed by atoms with van der Waals surface area (Å²) >= 11 is 2.33. The van der Waals surface area contributed by atoms with Gasteiger partial charge in [-0.3, -0.25) is 4.79 Å². The van der Waals surface area contributed by atoms with Gasteiger partial charge in [0.25, 0.3) is 0 Å². The zero-order valence-electron chi connectivity index (χ0n) is 22.4. The number of aliphatic carboxylic acids is 1. The maximum absolute atomic E-state index is 13.6. The van der Waals surface area contributed by atoms with E-state index in [-0.39, 0.29) is 18.9 Å². The first-order valence-corrected chi connectivity index (χ1v) is 15.0. The van der Waals surface area contributed by atoms with Crippen molar-refractivity contribution in [1.82, 2.24) is 0 Å². The number of hydrogen-bond donors (Lipinski definition) is 1. The summed E-state index contributed by atoms with van der Waals surface area (Å²) in [4.78, 5) is 27.7. The molecule has 5 rings (SSSR count). The number of ether oxygens (including phenoxy) is 1.